The van der Waals surface area contributed by atoms with E-state index in [1.54, 1.807) is 18.3 Å². The van der Waals surface area contributed by atoms with Crippen molar-refractivity contribution in [2.75, 3.05) is 6.54 Å². The van der Waals surface area contributed by atoms with Crippen molar-refractivity contribution in [3.8, 4) is 5.75 Å². The smallest absolute Gasteiger partial charge is 0.326 e. The molecule has 4 atom stereocenters. The zero-order valence-corrected chi connectivity index (χ0v) is 23.9. The summed E-state index contributed by atoms with van der Waals surface area (Å²) in [7, 11) is 0. The van der Waals surface area contributed by atoms with Crippen LogP contribution in [0.1, 0.15) is 29.7 Å². The standard InChI is InChI=1S/C31H35N7O6/c32-23(13-19-15-34-24-5-2-1-4-22(19)24)28(40)36-25(14-20-16-33-17-35-20)29(41)37-26(12-18-7-9-21(39)10-8-18)30(42)38-11-3-6-27(38)31(43)44/h1-2,4-5,7-10,15-17,23,25-27,34,39H,3,6,11-14,32H2,(H,33,35)(H,36,40)(H,37,41)(H,43,44). The summed E-state index contributed by atoms with van der Waals surface area (Å²) in [5.74, 6) is -2.81. The molecule has 4 unspecified atom stereocenters. The van der Waals surface area contributed by atoms with Crippen molar-refractivity contribution in [3.05, 3.63) is 84.1 Å². The minimum atomic E-state index is -1.13. The van der Waals surface area contributed by atoms with E-state index in [1.165, 1.54) is 29.6 Å². The van der Waals surface area contributed by atoms with E-state index in [0.717, 1.165) is 16.5 Å². The average Bonchev–Trinajstić information content (AvgIpc) is 3.79. The largest absolute Gasteiger partial charge is 0.508 e. The highest BCUT2D eigenvalue weighted by molar-refractivity contribution is 5.95. The molecule has 44 heavy (non-hydrogen) atoms. The molecule has 1 saturated heterocycles. The molecule has 3 amide bonds. The molecular weight excluding hydrogens is 566 g/mol. The van der Waals surface area contributed by atoms with E-state index in [4.69, 9.17) is 5.73 Å². The maximum atomic E-state index is 13.8. The van der Waals surface area contributed by atoms with E-state index in [-0.39, 0.29) is 31.6 Å². The van der Waals surface area contributed by atoms with Gasteiger partial charge in [-0.1, -0.05) is 30.3 Å². The third-order valence-electron chi connectivity index (χ3n) is 7.88. The number of carbonyl (C=O) groups excluding carboxylic acids is 3. The van der Waals surface area contributed by atoms with Crippen molar-refractivity contribution >= 4 is 34.6 Å². The molecule has 2 aromatic heterocycles. The van der Waals surface area contributed by atoms with E-state index in [1.807, 2.05) is 24.3 Å². The number of H-pyrrole nitrogens is 2. The Morgan fingerprint density at radius 1 is 0.977 bits per heavy atom. The van der Waals surface area contributed by atoms with Crippen LogP contribution < -0.4 is 16.4 Å². The van der Waals surface area contributed by atoms with E-state index in [9.17, 15) is 29.4 Å². The number of carboxylic acids is 1. The minimum absolute atomic E-state index is 0.0393. The second-order valence-corrected chi connectivity index (χ2v) is 11.0. The first-order valence-electron chi connectivity index (χ1n) is 14.4. The number of rotatable bonds is 12. The molecule has 0 saturated carbocycles. The molecule has 0 aliphatic carbocycles. The Bertz CT molecular complexity index is 1620. The van der Waals surface area contributed by atoms with Crippen LogP contribution in [0.4, 0.5) is 0 Å². The fourth-order valence-corrected chi connectivity index (χ4v) is 5.56. The van der Waals surface area contributed by atoms with E-state index in [2.05, 4.69) is 25.6 Å². The molecule has 5 rings (SSSR count). The van der Waals surface area contributed by atoms with Gasteiger partial charge in [0.2, 0.25) is 17.7 Å². The lowest BCUT2D eigenvalue weighted by atomic mass is 10.0. The van der Waals surface area contributed by atoms with Gasteiger partial charge in [0.15, 0.2) is 0 Å². The average molecular weight is 602 g/mol. The first-order chi connectivity index (χ1) is 21.2. The molecule has 13 nitrogen and oxygen atoms in total. The van der Waals surface area contributed by atoms with Crippen molar-refractivity contribution in [1.82, 2.24) is 30.5 Å². The van der Waals surface area contributed by atoms with Crippen molar-refractivity contribution in [3.63, 3.8) is 0 Å². The Kier molecular flexibility index (Phi) is 9.24. The number of carboxylic acid groups (broad SMARTS) is 1. The summed E-state index contributed by atoms with van der Waals surface area (Å²) in [5.41, 5.74) is 9.28. The van der Waals surface area contributed by atoms with Gasteiger partial charge in [0.1, 0.15) is 23.9 Å². The Morgan fingerprint density at radius 2 is 1.73 bits per heavy atom. The van der Waals surface area contributed by atoms with Crippen molar-refractivity contribution < 1.29 is 29.4 Å². The predicted octanol–water partition coefficient (Wildman–Crippen LogP) is 0.997. The number of hydrogen-bond donors (Lipinski definition) is 7. The number of nitrogens with one attached hydrogen (secondary N) is 4. The highest BCUT2D eigenvalue weighted by atomic mass is 16.4. The Morgan fingerprint density at radius 3 is 2.45 bits per heavy atom. The van der Waals surface area contributed by atoms with Crippen molar-refractivity contribution in [2.45, 2.75) is 56.3 Å². The fourth-order valence-electron chi connectivity index (χ4n) is 5.56. The molecule has 1 fully saturated rings. The Hall–Kier alpha value is -5.17. The number of aromatic amines is 2. The number of para-hydroxylation sites is 1. The van der Waals surface area contributed by atoms with Crippen LogP contribution in [0.3, 0.4) is 0 Å². The Labute approximate surface area is 252 Å². The number of carbonyl (C=O) groups is 4. The third kappa shape index (κ3) is 7.06. The van der Waals surface area contributed by atoms with Gasteiger partial charge in [-0.25, -0.2) is 9.78 Å². The molecular formula is C31H35N7O6. The second kappa shape index (κ2) is 13.4. The highest BCUT2D eigenvalue weighted by Crippen LogP contribution is 2.21. The lowest BCUT2D eigenvalue weighted by Gasteiger charge is -2.29. The van der Waals surface area contributed by atoms with Gasteiger partial charge in [0, 0.05) is 48.4 Å². The van der Waals surface area contributed by atoms with Crippen molar-refractivity contribution in [2.24, 2.45) is 5.73 Å². The zero-order chi connectivity index (χ0) is 31.2. The van der Waals surface area contributed by atoms with Gasteiger partial charge in [0.05, 0.1) is 12.4 Å². The second-order valence-electron chi connectivity index (χ2n) is 11.0. The molecule has 1 aliphatic heterocycles. The number of phenols is 1. The maximum absolute atomic E-state index is 13.8. The predicted molar refractivity (Wildman–Crippen MR) is 160 cm³/mol. The van der Waals surface area contributed by atoms with Crippen LogP contribution in [0.25, 0.3) is 10.9 Å². The van der Waals surface area contributed by atoms with E-state index in [0.29, 0.717) is 24.1 Å². The molecule has 1 aliphatic rings. The van der Waals surface area contributed by atoms with Crippen LogP contribution in [0.15, 0.2) is 67.3 Å². The number of amides is 3. The van der Waals surface area contributed by atoms with Gasteiger partial charge in [-0.2, -0.15) is 0 Å². The van der Waals surface area contributed by atoms with Crippen LogP contribution in [0, 0.1) is 0 Å². The maximum Gasteiger partial charge on any atom is 0.326 e. The number of nitrogens with zero attached hydrogens (tertiary/aromatic N) is 2. The monoisotopic (exact) mass is 601 g/mol. The summed E-state index contributed by atoms with van der Waals surface area (Å²) in [6.07, 6.45) is 5.92. The molecule has 0 bridgehead atoms. The molecule has 2 aromatic carbocycles. The van der Waals surface area contributed by atoms with Gasteiger partial charge < -0.3 is 41.4 Å². The molecule has 0 spiro atoms. The normalized spacial score (nSPS) is 16.8. The molecule has 3 heterocycles. The summed E-state index contributed by atoms with van der Waals surface area (Å²) in [6, 6.07) is 9.59. The topological polar surface area (TPSA) is 207 Å². The number of imidazole rings is 1. The van der Waals surface area contributed by atoms with Gasteiger partial charge in [-0.3, -0.25) is 14.4 Å². The summed E-state index contributed by atoms with van der Waals surface area (Å²) in [4.78, 5) is 64.0. The van der Waals surface area contributed by atoms with Crippen LogP contribution in [-0.4, -0.2) is 84.5 Å². The van der Waals surface area contributed by atoms with Crippen LogP contribution >= 0.6 is 0 Å². The molecule has 0 radical (unpaired) electrons. The number of aromatic hydroxyl groups is 1. The number of phenolic OH excluding ortho intramolecular Hbond substituents is 1. The van der Waals surface area contributed by atoms with E-state index >= 15 is 0 Å². The molecule has 8 N–H and O–H groups in total. The van der Waals surface area contributed by atoms with Gasteiger partial charge >= 0.3 is 5.97 Å². The fraction of sp³-hybridized carbons (Fsp3) is 0.323. The lowest BCUT2D eigenvalue weighted by molar-refractivity contribution is -0.149. The number of fused-ring (bicyclic) bond motifs is 1. The summed E-state index contributed by atoms with van der Waals surface area (Å²) in [6.45, 7) is 0.245. The molecule has 13 heteroatoms. The minimum Gasteiger partial charge on any atom is -0.508 e. The van der Waals surface area contributed by atoms with Crippen LogP contribution in [0.2, 0.25) is 0 Å². The van der Waals surface area contributed by atoms with Gasteiger partial charge in [-0.15, -0.1) is 0 Å². The van der Waals surface area contributed by atoms with Gasteiger partial charge in [0.25, 0.3) is 0 Å². The highest BCUT2D eigenvalue weighted by Gasteiger charge is 2.38. The molecule has 230 valence electrons. The lowest BCUT2D eigenvalue weighted by Crippen LogP contribution is -2.58. The number of hydrogen-bond acceptors (Lipinski definition) is 7. The summed E-state index contributed by atoms with van der Waals surface area (Å²) < 4.78 is 0. The number of likely N-dealkylation sites (tertiary alicyclic amines) is 1. The summed E-state index contributed by atoms with van der Waals surface area (Å²) >= 11 is 0. The number of aromatic nitrogens is 3. The van der Waals surface area contributed by atoms with Crippen LogP contribution in [0.5, 0.6) is 5.75 Å². The van der Waals surface area contributed by atoms with Crippen LogP contribution in [-0.2, 0) is 38.4 Å². The van der Waals surface area contributed by atoms with Crippen molar-refractivity contribution in [1.29, 1.82) is 0 Å². The first kappa shape index (κ1) is 30.3. The summed E-state index contributed by atoms with van der Waals surface area (Å²) in [5, 5.41) is 25.8. The SMILES string of the molecule is NC(Cc1c[nH]c2ccccc12)C(=O)NC(Cc1cnc[nH]1)C(=O)NC(Cc1ccc(O)cc1)C(=O)N1CCCC1C(=O)O. The third-order valence-corrected chi connectivity index (χ3v) is 7.88. The number of nitrogens with two attached hydrogens (primary N) is 1. The first-order valence-corrected chi connectivity index (χ1v) is 14.4. The van der Waals surface area contributed by atoms with E-state index < -0.39 is 47.9 Å². The molecule has 4 aromatic rings. The Balaban J connectivity index is 1.35. The zero-order valence-electron chi connectivity index (χ0n) is 23.9. The number of benzene rings is 2. The quantitative estimate of drug-likeness (QED) is 0.124. The number of aliphatic carboxylic acids is 1. The van der Waals surface area contributed by atoms with Gasteiger partial charge in [-0.05, 0) is 48.6 Å².